The number of aldehydes is 1. The Labute approximate surface area is 162 Å². The lowest BCUT2D eigenvalue weighted by molar-refractivity contribution is -0.131. The number of pyridine rings is 1. The van der Waals surface area contributed by atoms with E-state index < -0.39 is 16.0 Å². The van der Waals surface area contributed by atoms with E-state index in [1.165, 1.54) is 32.2 Å². The summed E-state index contributed by atoms with van der Waals surface area (Å²) in [5, 5.41) is 0.547. The molecule has 0 bridgehead atoms. The topological polar surface area (TPSA) is 93.6 Å². The van der Waals surface area contributed by atoms with Crippen molar-refractivity contribution < 1.29 is 22.7 Å². The van der Waals surface area contributed by atoms with Crippen molar-refractivity contribution in [3.05, 3.63) is 59.7 Å². The SMILES string of the molecule is CC(=O)Oc1ccc2nc(N(C)S(=O)(=O)c3ccc(C)cc3)c(C=O)cc2c1. The number of aryl methyl sites for hydroxylation is 1. The molecule has 0 aliphatic rings. The fraction of sp³-hybridized carbons (Fsp3) is 0.150. The molecule has 3 aromatic rings. The number of carbonyl (C=O) groups is 2. The number of anilines is 1. The summed E-state index contributed by atoms with van der Waals surface area (Å²) in [6.07, 6.45) is 0.543. The number of carbonyl (C=O) groups excluding carboxylic acids is 2. The van der Waals surface area contributed by atoms with Crippen molar-refractivity contribution in [3.8, 4) is 5.75 Å². The first-order chi connectivity index (χ1) is 13.2. The normalized spacial score (nSPS) is 11.2. The quantitative estimate of drug-likeness (QED) is 0.372. The Hall–Kier alpha value is -3.26. The third kappa shape index (κ3) is 3.72. The van der Waals surface area contributed by atoms with Gasteiger partial charge in [-0.25, -0.2) is 13.4 Å². The third-order valence-electron chi connectivity index (χ3n) is 4.16. The number of fused-ring (bicyclic) bond motifs is 1. The van der Waals surface area contributed by atoms with Crippen LogP contribution in [0, 0.1) is 6.92 Å². The van der Waals surface area contributed by atoms with Crippen molar-refractivity contribution in [2.24, 2.45) is 0 Å². The molecule has 1 heterocycles. The molecule has 0 fully saturated rings. The second kappa shape index (κ2) is 7.40. The van der Waals surface area contributed by atoms with Crippen LogP contribution in [0.2, 0.25) is 0 Å². The van der Waals surface area contributed by atoms with Crippen molar-refractivity contribution in [2.45, 2.75) is 18.7 Å². The molecule has 0 aliphatic carbocycles. The highest BCUT2D eigenvalue weighted by atomic mass is 32.2. The first-order valence-corrected chi connectivity index (χ1v) is 9.80. The molecule has 0 amide bonds. The fourth-order valence-electron chi connectivity index (χ4n) is 2.71. The number of sulfonamides is 1. The van der Waals surface area contributed by atoms with Gasteiger partial charge in [0.05, 0.1) is 16.0 Å². The Morgan fingerprint density at radius 2 is 1.79 bits per heavy atom. The van der Waals surface area contributed by atoms with E-state index in [9.17, 15) is 18.0 Å². The van der Waals surface area contributed by atoms with Gasteiger partial charge in [0.1, 0.15) is 5.75 Å². The standard InChI is InChI=1S/C20H18N2O5S/c1-13-4-7-18(8-5-13)28(25,26)22(3)20-16(12-23)10-15-11-17(27-14(2)24)6-9-19(15)21-20/h4-12H,1-3H3. The maximum Gasteiger partial charge on any atom is 0.308 e. The second-order valence-corrected chi connectivity index (χ2v) is 8.22. The second-order valence-electron chi connectivity index (χ2n) is 6.25. The van der Waals surface area contributed by atoms with Gasteiger partial charge in [-0.05, 0) is 43.3 Å². The first-order valence-electron chi connectivity index (χ1n) is 8.36. The maximum absolute atomic E-state index is 12.9. The number of nitrogens with zero attached hydrogens (tertiary/aromatic N) is 2. The van der Waals surface area contributed by atoms with Gasteiger partial charge in [-0.15, -0.1) is 0 Å². The predicted octanol–water partition coefficient (Wildman–Crippen LogP) is 3.11. The molecule has 0 spiro atoms. The lowest BCUT2D eigenvalue weighted by Gasteiger charge is -2.20. The molecule has 0 atom stereocenters. The molecule has 0 N–H and O–H groups in total. The summed E-state index contributed by atoms with van der Waals surface area (Å²) >= 11 is 0. The van der Waals surface area contributed by atoms with Crippen LogP contribution in [0.1, 0.15) is 22.8 Å². The summed E-state index contributed by atoms with van der Waals surface area (Å²) < 4.78 is 31.9. The largest absolute Gasteiger partial charge is 0.427 e. The Balaban J connectivity index is 2.09. The number of rotatable bonds is 5. The zero-order chi connectivity index (χ0) is 20.5. The summed E-state index contributed by atoms with van der Waals surface area (Å²) in [7, 11) is -2.54. The molecule has 0 radical (unpaired) electrons. The number of hydrogen-bond acceptors (Lipinski definition) is 6. The van der Waals surface area contributed by atoms with Crippen LogP contribution >= 0.6 is 0 Å². The lowest BCUT2D eigenvalue weighted by atomic mass is 10.1. The minimum atomic E-state index is -3.89. The molecule has 0 saturated carbocycles. The maximum atomic E-state index is 12.9. The Morgan fingerprint density at radius 3 is 2.39 bits per heavy atom. The van der Waals surface area contributed by atoms with Crippen LogP contribution in [0.5, 0.6) is 5.75 Å². The molecule has 28 heavy (non-hydrogen) atoms. The van der Waals surface area contributed by atoms with Gasteiger partial charge in [0.25, 0.3) is 10.0 Å². The molecule has 2 aromatic carbocycles. The van der Waals surface area contributed by atoms with Crippen LogP contribution in [-0.2, 0) is 14.8 Å². The van der Waals surface area contributed by atoms with Gasteiger partial charge < -0.3 is 4.74 Å². The molecule has 3 rings (SSSR count). The van der Waals surface area contributed by atoms with Gasteiger partial charge in [-0.1, -0.05) is 17.7 Å². The summed E-state index contributed by atoms with van der Waals surface area (Å²) in [6.45, 7) is 3.15. The Kier molecular flexibility index (Phi) is 5.15. The van der Waals surface area contributed by atoms with Crippen LogP contribution in [0.15, 0.2) is 53.4 Å². The van der Waals surface area contributed by atoms with Crippen LogP contribution in [0.3, 0.4) is 0 Å². The summed E-state index contributed by atoms with van der Waals surface area (Å²) in [4.78, 5) is 27.2. The van der Waals surface area contributed by atoms with Crippen molar-refractivity contribution in [2.75, 3.05) is 11.4 Å². The van der Waals surface area contributed by atoms with Crippen LogP contribution in [0.25, 0.3) is 10.9 Å². The molecule has 0 unspecified atom stereocenters. The minimum absolute atomic E-state index is 0.0170. The van der Waals surface area contributed by atoms with E-state index in [1.54, 1.807) is 30.3 Å². The van der Waals surface area contributed by atoms with Gasteiger partial charge >= 0.3 is 5.97 Å². The Bertz CT molecular complexity index is 1170. The van der Waals surface area contributed by atoms with Crippen LogP contribution in [-0.4, -0.2) is 32.7 Å². The highest BCUT2D eigenvalue weighted by Crippen LogP contribution is 2.28. The first kappa shape index (κ1) is 19.5. The molecule has 7 nitrogen and oxygen atoms in total. The summed E-state index contributed by atoms with van der Waals surface area (Å²) in [5.41, 5.74) is 1.50. The van der Waals surface area contributed by atoms with Crippen molar-refractivity contribution in [1.29, 1.82) is 0 Å². The third-order valence-corrected chi connectivity index (χ3v) is 5.92. The average molecular weight is 398 g/mol. The van der Waals surface area contributed by atoms with Gasteiger partial charge in [-0.2, -0.15) is 0 Å². The van der Waals surface area contributed by atoms with Crippen molar-refractivity contribution >= 4 is 39.0 Å². The van der Waals surface area contributed by atoms with Gasteiger partial charge in [0.2, 0.25) is 0 Å². The van der Waals surface area contributed by atoms with E-state index in [0.29, 0.717) is 22.9 Å². The highest BCUT2D eigenvalue weighted by Gasteiger charge is 2.25. The smallest absolute Gasteiger partial charge is 0.308 e. The number of ether oxygens (including phenoxy) is 1. The molecule has 8 heteroatoms. The molecular weight excluding hydrogens is 380 g/mol. The van der Waals surface area contributed by atoms with Gasteiger partial charge in [0.15, 0.2) is 12.1 Å². The molecule has 144 valence electrons. The summed E-state index contributed by atoms with van der Waals surface area (Å²) in [5.74, 6) is -0.140. The fourth-order valence-corrected chi connectivity index (χ4v) is 3.88. The number of esters is 1. The molecular formula is C20H18N2O5S. The minimum Gasteiger partial charge on any atom is -0.427 e. The molecule has 0 saturated heterocycles. The molecule has 1 aromatic heterocycles. The number of aromatic nitrogens is 1. The number of hydrogen-bond donors (Lipinski definition) is 0. The zero-order valence-electron chi connectivity index (χ0n) is 15.5. The highest BCUT2D eigenvalue weighted by molar-refractivity contribution is 7.92. The van der Waals surface area contributed by atoms with E-state index in [1.807, 2.05) is 6.92 Å². The molecule has 0 aliphatic heterocycles. The predicted molar refractivity (Wildman–Crippen MR) is 105 cm³/mol. The summed E-state index contributed by atoms with van der Waals surface area (Å²) in [6, 6.07) is 12.6. The van der Waals surface area contributed by atoms with Crippen LogP contribution in [0.4, 0.5) is 5.82 Å². The lowest BCUT2D eigenvalue weighted by Crippen LogP contribution is -2.28. The Morgan fingerprint density at radius 1 is 1.11 bits per heavy atom. The van der Waals surface area contributed by atoms with E-state index in [-0.39, 0.29) is 16.3 Å². The van der Waals surface area contributed by atoms with E-state index >= 15 is 0 Å². The zero-order valence-corrected chi connectivity index (χ0v) is 16.4. The van der Waals surface area contributed by atoms with Crippen LogP contribution < -0.4 is 9.04 Å². The average Bonchev–Trinajstić information content (AvgIpc) is 2.66. The van der Waals surface area contributed by atoms with E-state index in [0.717, 1.165) is 9.87 Å². The van der Waals surface area contributed by atoms with E-state index in [4.69, 9.17) is 4.74 Å². The van der Waals surface area contributed by atoms with Crippen molar-refractivity contribution in [1.82, 2.24) is 4.98 Å². The van der Waals surface area contributed by atoms with E-state index in [2.05, 4.69) is 4.98 Å². The van der Waals surface area contributed by atoms with Gasteiger partial charge in [-0.3, -0.25) is 13.9 Å². The van der Waals surface area contributed by atoms with Gasteiger partial charge in [0, 0.05) is 19.4 Å². The number of benzene rings is 2. The monoisotopic (exact) mass is 398 g/mol. The van der Waals surface area contributed by atoms with Crippen molar-refractivity contribution in [3.63, 3.8) is 0 Å².